The first-order chi connectivity index (χ1) is 12.9. The van der Waals surface area contributed by atoms with Gasteiger partial charge in [0, 0.05) is 24.2 Å². The number of carbonyl (C=O) groups excluding carboxylic acids is 2. The summed E-state index contributed by atoms with van der Waals surface area (Å²) in [7, 11) is 0. The van der Waals surface area contributed by atoms with Crippen molar-refractivity contribution >= 4 is 23.4 Å². The van der Waals surface area contributed by atoms with Gasteiger partial charge in [0.1, 0.15) is 0 Å². The zero-order chi connectivity index (χ0) is 19.8. The molecule has 2 amide bonds. The minimum Gasteiger partial charge on any atom is -0.353 e. The molecule has 1 aromatic rings. The molecule has 150 valence electrons. The van der Waals surface area contributed by atoms with Gasteiger partial charge in [-0.25, -0.2) is 0 Å². The molecule has 4 N–H and O–H groups in total. The number of hydrogen-bond acceptors (Lipinski definition) is 4. The maximum absolute atomic E-state index is 12.1. The number of hydrogen-bond donors (Lipinski definition) is 3. The Kier molecular flexibility index (Phi) is 8.54. The number of nitrogens with zero attached hydrogens (tertiary/aromatic N) is 1. The maximum atomic E-state index is 12.1. The molecule has 1 heterocycles. The Morgan fingerprint density at radius 2 is 2.07 bits per heavy atom. The van der Waals surface area contributed by atoms with Crippen LogP contribution < -0.4 is 16.4 Å². The topological polar surface area (TPSA) is 87.5 Å². The molecule has 27 heavy (non-hydrogen) atoms. The summed E-state index contributed by atoms with van der Waals surface area (Å²) in [5.74, 6) is -0.441. The summed E-state index contributed by atoms with van der Waals surface area (Å²) in [6, 6.07) is 7.59. The Labute approximate surface area is 166 Å². The second-order valence-corrected chi connectivity index (χ2v) is 7.98. The van der Waals surface area contributed by atoms with Crippen molar-refractivity contribution in [1.29, 1.82) is 0 Å². The smallest absolute Gasteiger partial charge is 0.239 e. The Bertz CT molecular complexity index is 638. The molecule has 7 heteroatoms. The number of carbonyl (C=O) groups is 2. The van der Waals surface area contributed by atoms with Crippen LogP contribution in [-0.2, 0) is 16.1 Å². The molecule has 6 nitrogen and oxygen atoms in total. The van der Waals surface area contributed by atoms with Crippen LogP contribution in [-0.4, -0.2) is 48.4 Å². The predicted molar refractivity (Wildman–Crippen MR) is 108 cm³/mol. The molecule has 1 aliphatic rings. The molecule has 0 aliphatic carbocycles. The lowest BCUT2D eigenvalue weighted by molar-refractivity contribution is -0.127. The van der Waals surface area contributed by atoms with E-state index in [4.69, 9.17) is 17.3 Å². The van der Waals surface area contributed by atoms with Crippen molar-refractivity contribution in [3.63, 3.8) is 0 Å². The van der Waals surface area contributed by atoms with Crippen LogP contribution in [0.1, 0.15) is 38.7 Å². The van der Waals surface area contributed by atoms with Gasteiger partial charge in [-0.2, -0.15) is 0 Å². The van der Waals surface area contributed by atoms with Crippen LogP contribution in [0.4, 0.5) is 0 Å². The van der Waals surface area contributed by atoms with Crippen LogP contribution in [0.5, 0.6) is 0 Å². The molecular formula is C20H31ClN4O2. The average molecular weight is 395 g/mol. The minimum absolute atomic E-state index is 0.0374. The molecule has 2 rings (SSSR count). The first-order valence-corrected chi connectivity index (χ1v) is 10.0. The fraction of sp³-hybridized carbons (Fsp3) is 0.600. The van der Waals surface area contributed by atoms with Crippen LogP contribution >= 0.6 is 11.6 Å². The highest BCUT2D eigenvalue weighted by Crippen LogP contribution is 2.20. The van der Waals surface area contributed by atoms with E-state index in [0.717, 1.165) is 37.4 Å². The van der Waals surface area contributed by atoms with E-state index in [9.17, 15) is 9.59 Å². The highest BCUT2D eigenvalue weighted by atomic mass is 35.5. The zero-order valence-corrected chi connectivity index (χ0v) is 17.0. The summed E-state index contributed by atoms with van der Waals surface area (Å²) < 4.78 is 0. The van der Waals surface area contributed by atoms with E-state index in [1.807, 2.05) is 32.0 Å². The Hall–Kier alpha value is -1.63. The van der Waals surface area contributed by atoms with Crippen molar-refractivity contribution in [2.75, 3.05) is 19.6 Å². The molecule has 1 saturated heterocycles. The molecule has 1 aromatic carbocycles. The summed E-state index contributed by atoms with van der Waals surface area (Å²) in [6.07, 6.45) is 3.37. The molecule has 0 bridgehead atoms. The Morgan fingerprint density at radius 1 is 1.30 bits per heavy atom. The Balaban J connectivity index is 1.80. The van der Waals surface area contributed by atoms with Crippen LogP contribution in [0.25, 0.3) is 0 Å². The summed E-state index contributed by atoms with van der Waals surface area (Å²) in [5, 5.41) is 6.29. The third-order valence-corrected chi connectivity index (χ3v) is 5.24. The lowest BCUT2D eigenvalue weighted by Gasteiger charge is -2.36. The SMILES string of the molecule is CC(C)[C@H](N)C(=O)NCC(=O)NCC1CCCCN1Cc1cccc(Cl)c1. The molecule has 1 aliphatic heterocycles. The largest absolute Gasteiger partial charge is 0.353 e. The van der Waals surface area contributed by atoms with Gasteiger partial charge in [-0.15, -0.1) is 0 Å². The van der Waals surface area contributed by atoms with Crippen molar-refractivity contribution < 1.29 is 9.59 Å². The highest BCUT2D eigenvalue weighted by molar-refractivity contribution is 6.30. The molecule has 1 fully saturated rings. The fourth-order valence-corrected chi connectivity index (χ4v) is 3.46. The maximum Gasteiger partial charge on any atom is 0.239 e. The number of likely N-dealkylation sites (tertiary alicyclic amines) is 1. The number of piperidine rings is 1. The lowest BCUT2D eigenvalue weighted by atomic mass is 10.0. The lowest BCUT2D eigenvalue weighted by Crippen LogP contribution is -2.50. The normalized spacial score (nSPS) is 18.9. The van der Waals surface area contributed by atoms with E-state index < -0.39 is 6.04 Å². The third kappa shape index (κ3) is 7.13. The van der Waals surface area contributed by atoms with E-state index in [2.05, 4.69) is 21.6 Å². The zero-order valence-electron chi connectivity index (χ0n) is 16.2. The number of nitrogens with one attached hydrogen (secondary N) is 2. The monoisotopic (exact) mass is 394 g/mol. The van der Waals surface area contributed by atoms with E-state index in [-0.39, 0.29) is 30.3 Å². The second kappa shape index (κ2) is 10.6. The van der Waals surface area contributed by atoms with Crippen molar-refractivity contribution in [3.8, 4) is 0 Å². The van der Waals surface area contributed by atoms with Crippen molar-refractivity contribution in [3.05, 3.63) is 34.9 Å². The van der Waals surface area contributed by atoms with Gasteiger partial charge in [0.2, 0.25) is 11.8 Å². The van der Waals surface area contributed by atoms with Crippen LogP contribution in [0.15, 0.2) is 24.3 Å². The van der Waals surface area contributed by atoms with Crippen molar-refractivity contribution in [1.82, 2.24) is 15.5 Å². The van der Waals surface area contributed by atoms with Gasteiger partial charge < -0.3 is 16.4 Å². The molecule has 1 unspecified atom stereocenters. The number of benzene rings is 1. The predicted octanol–water partition coefficient (Wildman–Crippen LogP) is 1.91. The van der Waals surface area contributed by atoms with Gasteiger partial charge in [-0.05, 0) is 43.0 Å². The first-order valence-electron chi connectivity index (χ1n) is 9.65. The second-order valence-electron chi connectivity index (χ2n) is 7.54. The number of amides is 2. The van der Waals surface area contributed by atoms with E-state index in [1.165, 1.54) is 5.56 Å². The van der Waals surface area contributed by atoms with Crippen LogP contribution in [0, 0.1) is 5.92 Å². The number of rotatable bonds is 8. The van der Waals surface area contributed by atoms with E-state index >= 15 is 0 Å². The molecule has 2 atom stereocenters. The highest BCUT2D eigenvalue weighted by Gasteiger charge is 2.23. The fourth-order valence-electron chi connectivity index (χ4n) is 3.25. The van der Waals surface area contributed by atoms with Gasteiger partial charge >= 0.3 is 0 Å². The standard InChI is InChI=1S/C20H31ClN4O2/c1-14(2)19(22)20(27)24-12-18(26)23-11-17-8-3-4-9-25(17)13-15-6-5-7-16(21)10-15/h5-7,10,14,17,19H,3-4,8-9,11-13,22H2,1-2H3,(H,23,26)(H,24,27)/t17?,19-/m0/s1. The van der Waals surface area contributed by atoms with Crippen LogP contribution in [0.2, 0.25) is 5.02 Å². The summed E-state index contributed by atoms with van der Waals surface area (Å²) in [5.41, 5.74) is 6.96. The minimum atomic E-state index is -0.593. The van der Waals surface area contributed by atoms with Gasteiger partial charge in [-0.3, -0.25) is 14.5 Å². The van der Waals surface area contributed by atoms with E-state index in [1.54, 1.807) is 0 Å². The van der Waals surface area contributed by atoms with Gasteiger partial charge in [-0.1, -0.05) is 44.0 Å². The molecular weight excluding hydrogens is 364 g/mol. The molecule has 0 saturated carbocycles. The molecule has 0 spiro atoms. The van der Waals surface area contributed by atoms with Gasteiger partial charge in [0.15, 0.2) is 0 Å². The number of halogens is 1. The van der Waals surface area contributed by atoms with Crippen molar-refractivity contribution in [2.45, 2.75) is 51.7 Å². The van der Waals surface area contributed by atoms with Crippen molar-refractivity contribution in [2.24, 2.45) is 11.7 Å². The summed E-state index contributed by atoms with van der Waals surface area (Å²) in [4.78, 5) is 26.3. The summed E-state index contributed by atoms with van der Waals surface area (Å²) >= 11 is 6.08. The summed E-state index contributed by atoms with van der Waals surface area (Å²) in [6.45, 7) is 6.11. The first kappa shape index (κ1) is 21.7. The third-order valence-electron chi connectivity index (χ3n) is 5.00. The van der Waals surface area contributed by atoms with Gasteiger partial charge in [0.05, 0.1) is 12.6 Å². The van der Waals surface area contributed by atoms with E-state index in [0.29, 0.717) is 6.54 Å². The number of nitrogens with two attached hydrogens (primary N) is 1. The molecule has 0 radical (unpaired) electrons. The Morgan fingerprint density at radius 3 is 2.78 bits per heavy atom. The quantitative estimate of drug-likeness (QED) is 0.628. The molecule has 0 aromatic heterocycles. The van der Waals surface area contributed by atoms with Crippen LogP contribution in [0.3, 0.4) is 0 Å². The van der Waals surface area contributed by atoms with Gasteiger partial charge in [0.25, 0.3) is 0 Å². The average Bonchev–Trinajstić information content (AvgIpc) is 2.64.